The fourth-order valence-corrected chi connectivity index (χ4v) is 2.25. The molecule has 1 heterocycles. The minimum absolute atomic E-state index is 0.0792. The van der Waals surface area contributed by atoms with E-state index in [0.717, 1.165) is 49.7 Å². The van der Waals surface area contributed by atoms with Crippen LogP contribution in [-0.4, -0.2) is 32.0 Å². The molecule has 0 radical (unpaired) electrons. The van der Waals surface area contributed by atoms with Crippen molar-refractivity contribution < 1.29 is 14.2 Å². The van der Waals surface area contributed by atoms with Crippen LogP contribution in [0.4, 0.5) is 0 Å². The Bertz CT molecular complexity index is 448. The molecular weight excluding hydrogens is 266 g/mol. The fraction of sp³-hybridized carbons (Fsp3) is 0.647. The number of ether oxygens (including phenoxy) is 3. The highest BCUT2D eigenvalue weighted by Gasteiger charge is 2.18. The first-order valence-corrected chi connectivity index (χ1v) is 7.64. The summed E-state index contributed by atoms with van der Waals surface area (Å²) in [7, 11) is 1.68. The average molecular weight is 293 g/mol. The molecule has 0 unspecified atom stereocenters. The number of benzene rings is 1. The third-order valence-electron chi connectivity index (χ3n) is 3.55. The van der Waals surface area contributed by atoms with E-state index in [9.17, 15) is 0 Å². The molecule has 1 aliphatic rings. The normalized spacial score (nSPS) is 16.8. The summed E-state index contributed by atoms with van der Waals surface area (Å²) >= 11 is 0. The van der Waals surface area contributed by atoms with E-state index in [-0.39, 0.29) is 11.6 Å². The van der Waals surface area contributed by atoms with Gasteiger partial charge in [-0.1, -0.05) is 6.07 Å². The molecule has 4 heteroatoms. The molecule has 1 aromatic rings. The lowest BCUT2D eigenvalue weighted by atomic mass is 10.1. The van der Waals surface area contributed by atoms with Crippen LogP contribution in [0.3, 0.4) is 0 Å². The molecule has 1 fully saturated rings. The maximum absolute atomic E-state index is 6.19. The van der Waals surface area contributed by atoms with Crippen molar-refractivity contribution in [2.75, 3.05) is 20.3 Å². The Morgan fingerprint density at radius 2 is 1.95 bits per heavy atom. The van der Waals surface area contributed by atoms with Crippen molar-refractivity contribution in [2.45, 2.75) is 51.8 Å². The van der Waals surface area contributed by atoms with E-state index in [1.54, 1.807) is 7.11 Å². The molecular formula is C17H27NO3. The van der Waals surface area contributed by atoms with Gasteiger partial charge in [0.25, 0.3) is 0 Å². The lowest BCUT2D eigenvalue weighted by Gasteiger charge is -2.26. The summed E-state index contributed by atoms with van der Waals surface area (Å²) in [5, 5.41) is 3.51. The smallest absolute Gasteiger partial charge is 0.127 e. The van der Waals surface area contributed by atoms with Crippen LogP contribution in [0.1, 0.15) is 39.2 Å². The maximum Gasteiger partial charge on any atom is 0.127 e. The first-order valence-electron chi connectivity index (χ1n) is 7.64. The van der Waals surface area contributed by atoms with Crippen molar-refractivity contribution in [3.05, 3.63) is 23.8 Å². The van der Waals surface area contributed by atoms with Gasteiger partial charge >= 0.3 is 0 Å². The predicted molar refractivity (Wildman–Crippen MR) is 84.1 cm³/mol. The third-order valence-corrected chi connectivity index (χ3v) is 3.55. The minimum atomic E-state index is 0.0792. The number of hydrogen-bond acceptors (Lipinski definition) is 4. The van der Waals surface area contributed by atoms with E-state index in [0.29, 0.717) is 0 Å². The van der Waals surface area contributed by atoms with Crippen LogP contribution in [-0.2, 0) is 11.3 Å². The van der Waals surface area contributed by atoms with E-state index < -0.39 is 0 Å². The largest absolute Gasteiger partial charge is 0.497 e. The van der Waals surface area contributed by atoms with Crippen molar-refractivity contribution in [1.82, 2.24) is 5.32 Å². The molecule has 4 nitrogen and oxygen atoms in total. The monoisotopic (exact) mass is 293 g/mol. The summed E-state index contributed by atoms with van der Waals surface area (Å²) < 4.78 is 16.9. The topological polar surface area (TPSA) is 39.7 Å². The van der Waals surface area contributed by atoms with Crippen LogP contribution in [0.5, 0.6) is 11.5 Å². The number of rotatable bonds is 5. The van der Waals surface area contributed by atoms with Crippen LogP contribution in [0.25, 0.3) is 0 Å². The van der Waals surface area contributed by atoms with Gasteiger partial charge in [0, 0.05) is 36.6 Å². The fourth-order valence-electron chi connectivity index (χ4n) is 2.25. The zero-order valence-corrected chi connectivity index (χ0v) is 13.6. The minimum Gasteiger partial charge on any atom is -0.497 e. The summed E-state index contributed by atoms with van der Waals surface area (Å²) in [5.41, 5.74) is 1.24. The second kappa shape index (κ2) is 7.14. The van der Waals surface area contributed by atoms with E-state index in [4.69, 9.17) is 14.2 Å². The Kier molecular flexibility index (Phi) is 5.48. The highest BCUT2D eigenvalue weighted by atomic mass is 16.5. The molecule has 0 spiro atoms. The average Bonchev–Trinajstić information content (AvgIpc) is 2.46. The molecule has 0 aromatic heterocycles. The number of methoxy groups -OCH3 is 1. The molecule has 0 saturated carbocycles. The van der Waals surface area contributed by atoms with Crippen molar-refractivity contribution in [3.63, 3.8) is 0 Å². The van der Waals surface area contributed by atoms with E-state index in [1.807, 2.05) is 12.1 Å². The summed E-state index contributed by atoms with van der Waals surface area (Å²) in [6.07, 6.45) is 2.13. The van der Waals surface area contributed by atoms with E-state index in [1.165, 1.54) is 0 Å². The Hall–Kier alpha value is -1.26. The van der Waals surface area contributed by atoms with Gasteiger partial charge in [0.05, 0.1) is 20.3 Å². The second-order valence-corrected chi connectivity index (χ2v) is 6.51. The molecule has 1 saturated heterocycles. The van der Waals surface area contributed by atoms with Gasteiger partial charge in [0.2, 0.25) is 0 Å². The third kappa shape index (κ3) is 5.21. The van der Waals surface area contributed by atoms with Gasteiger partial charge in [-0.25, -0.2) is 0 Å². The summed E-state index contributed by atoms with van der Waals surface area (Å²) in [6, 6.07) is 6.04. The molecule has 0 amide bonds. The van der Waals surface area contributed by atoms with E-state index >= 15 is 0 Å². The first kappa shape index (κ1) is 16.1. The quantitative estimate of drug-likeness (QED) is 0.905. The van der Waals surface area contributed by atoms with Gasteiger partial charge in [0.15, 0.2) is 0 Å². The Morgan fingerprint density at radius 1 is 1.24 bits per heavy atom. The maximum atomic E-state index is 6.19. The molecule has 2 rings (SSSR count). The number of nitrogens with one attached hydrogen (secondary N) is 1. The highest BCUT2D eigenvalue weighted by molar-refractivity contribution is 5.41. The molecule has 118 valence electrons. The van der Waals surface area contributed by atoms with Crippen LogP contribution in [0.15, 0.2) is 18.2 Å². The molecule has 0 bridgehead atoms. The second-order valence-electron chi connectivity index (χ2n) is 6.51. The molecule has 1 N–H and O–H groups in total. The lowest BCUT2D eigenvalue weighted by molar-refractivity contribution is 0.0250. The van der Waals surface area contributed by atoms with Gasteiger partial charge in [-0.2, -0.15) is 0 Å². The van der Waals surface area contributed by atoms with E-state index in [2.05, 4.69) is 32.2 Å². The van der Waals surface area contributed by atoms with Gasteiger partial charge < -0.3 is 19.5 Å². The van der Waals surface area contributed by atoms with Gasteiger partial charge in [-0.05, 0) is 26.8 Å². The van der Waals surface area contributed by atoms with Crippen LogP contribution in [0, 0.1) is 0 Å². The van der Waals surface area contributed by atoms with Crippen LogP contribution < -0.4 is 14.8 Å². The molecule has 0 aliphatic carbocycles. The van der Waals surface area contributed by atoms with Crippen LogP contribution in [0.2, 0.25) is 0 Å². The SMILES string of the molecule is COc1ccc(CNC(C)(C)C)c(OC2CCOCC2)c1. The van der Waals surface area contributed by atoms with Crippen molar-refractivity contribution in [1.29, 1.82) is 0 Å². The zero-order valence-electron chi connectivity index (χ0n) is 13.6. The predicted octanol–water partition coefficient (Wildman–Crippen LogP) is 3.14. The van der Waals surface area contributed by atoms with Crippen LogP contribution >= 0.6 is 0 Å². The summed E-state index contributed by atoms with van der Waals surface area (Å²) in [4.78, 5) is 0. The Balaban J connectivity index is 2.10. The number of hydrogen-bond donors (Lipinski definition) is 1. The molecule has 1 aromatic carbocycles. The molecule has 21 heavy (non-hydrogen) atoms. The zero-order chi connectivity index (χ0) is 15.3. The summed E-state index contributed by atoms with van der Waals surface area (Å²) in [5.74, 6) is 1.74. The first-order chi connectivity index (χ1) is 9.98. The van der Waals surface area contributed by atoms with Gasteiger partial charge in [0.1, 0.15) is 17.6 Å². The van der Waals surface area contributed by atoms with Crippen molar-refractivity contribution in [3.8, 4) is 11.5 Å². The Labute approximate surface area is 127 Å². The Morgan fingerprint density at radius 3 is 2.57 bits per heavy atom. The van der Waals surface area contributed by atoms with Crippen molar-refractivity contribution >= 4 is 0 Å². The molecule has 1 aliphatic heterocycles. The summed E-state index contributed by atoms with van der Waals surface area (Å²) in [6.45, 7) is 8.83. The van der Waals surface area contributed by atoms with Gasteiger partial charge in [-0.3, -0.25) is 0 Å². The lowest BCUT2D eigenvalue weighted by Crippen LogP contribution is -2.35. The highest BCUT2D eigenvalue weighted by Crippen LogP contribution is 2.28. The van der Waals surface area contributed by atoms with Gasteiger partial charge in [-0.15, -0.1) is 0 Å². The van der Waals surface area contributed by atoms with Crippen molar-refractivity contribution in [2.24, 2.45) is 0 Å². The molecule has 0 atom stereocenters. The standard InChI is InChI=1S/C17H27NO3/c1-17(2,3)18-12-13-5-6-15(19-4)11-16(13)21-14-7-9-20-10-8-14/h5-6,11,14,18H,7-10,12H2,1-4H3.